The molecule has 0 spiro atoms. The van der Waals surface area contributed by atoms with Gasteiger partial charge >= 0.3 is 0 Å². The summed E-state index contributed by atoms with van der Waals surface area (Å²) >= 11 is 1.47. The van der Waals surface area contributed by atoms with Crippen LogP contribution in [0.25, 0.3) is 11.0 Å². The number of carbonyl (C=O) groups is 1. The molecule has 0 saturated heterocycles. The van der Waals surface area contributed by atoms with Crippen molar-refractivity contribution in [3.63, 3.8) is 0 Å². The van der Waals surface area contributed by atoms with Gasteiger partial charge in [-0.3, -0.25) is 4.79 Å². The van der Waals surface area contributed by atoms with Crippen LogP contribution < -0.4 is 5.73 Å². The Labute approximate surface area is 132 Å². The second-order valence-electron chi connectivity index (χ2n) is 5.08. The summed E-state index contributed by atoms with van der Waals surface area (Å²) in [4.78, 5) is 18.3. The standard InChI is InChI=1S/C16H17N3O2S/c1-19(16(20)13-10-22-15(18-13)6-7-17)9-12-8-11-4-2-3-5-14(11)21-12/h2-5,8,10H,6-7,9,17H2,1H3. The first-order valence-corrected chi connectivity index (χ1v) is 7.92. The number of amides is 1. The Kier molecular flexibility index (Phi) is 4.22. The van der Waals surface area contributed by atoms with Gasteiger partial charge in [-0.15, -0.1) is 11.3 Å². The molecule has 0 aliphatic rings. The number of furan rings is 1. The maximum absolute atomic E-state index is 12.4. The largest absolute Gasteiger partial charge is 0.459 e. The van der Waals surface area contributed by atoms with E-state index in [0.29, 0.717) is 25.2 Å². The topological polar surface area (TPSA) is 72.4 Å². The summed E-state index contributed by atoms with van der Waals surface area (Å²) in [6.45, 7) is 0.952. The minimum Gasteiger partial charge on any atom is -0.459 e. The van der Waals surface area contributed by atoms with Gasteiger partial charge in [-0.1, -0.05) is 18.2 Å². The van der Waals surface area contributed by atoms with Crippen molar-refractivity contribution in [2.45, 2.75) is 13.0 Å². The third-order valence-corrected chi connectivity index (χ3v) is 4.25. The second-order valence-corrected chi connectivity index (χ2v) is 6.02. The number of para-hydroxylation sites is 1. The van der Waals surface area contributed by atoms with Crippen LogP contribution in [0.4, 0.5) is 0 Å². The average molecular weight is 315 g/mol. The fourth-order valence-electron chi connectivity index (χ4n) is 2.26. The Morgan fingerprint density at radius 1 is 1.41 bits per heavy atom. The van der Waals surface area contributed by atoms with Crippen LogP contribution in [0.5, 0.6) is 0 Å². The minimum absolute atomic E-state index is 0.111. The van der Waals surface area contributed by atoms with E-state index in [4.69, 9.17) is 10.2 Å². The Morgan fingerprint density at radius 3 is 3.00 bits per heavy atom. The summed E-state index contributed by atoms with van der Waals surface area (Å²) in [6, 6.07) is 9.76. The van der Waals surface area contributed by atoms with E-state index in [1.54, 1.807) is 17.3 Å². The van der Waals surface area contributed by atoms with Gasteiger partial charge in [0.25, 0.3) is 5.91 Å². The molecule has 1 amide bonds. The van der Waals surface area contributed by atoms with E-state index >= 15 is 0 Å². The third kappa shape index (κ3) is 3.03. The number of carbonyl (C=O) groups excluding carboxylic acids is 1. The van der Waals surface area contributed by atoms with Gasteiger partial charge in [0.2, 0.25) is 0 Å². The number of thiazole rings is 1. The lowest BCUT2D eigenvalue weighted by molar-refractivity contribution is 0.0771. The van der Waals surface area contributed by atoms with Gasteiger partial charge in [0.05, 0.1) is 11.6 Å². The molecule has 2 N–H and O–H groups in total. The highest BCUT2D eigenvalue weighted by Gasteiger charge is 2.17. The van der Waals surface area contributed by atoms with E-state index in [0.717, 1.165) is 21.7 Å². The first-order chi connectivity index (χ1) is 10.7. The molecule has 0 fully saturated rings. The Morgan fingerprint density at radius 2 is 2.23 bits per heavy atom. The van der Waals surface area contributed by atoms with E-state index < -0.39 is 0 Å². The van der Waals surface area contributed by atoms with Crippen LogP contribution in [0.2, 0.25) is 0 Å². The number of hydrogen-bond acceptors (Lipinski definition) is 5. The highest BCUT2D eigenvalue weighted by Crippen LogP contribution is 2.20. The lowest BCUT2D eigenvalue weighted by Crippen LogP contribution is -2.26. The van der Waals surface area contributed by atoms with Crippen LogP contribution >= 0.6 is 11.3 Å². The smallest absolute Gasteiger partial charge is 0.273 e. The van der Waals surface area contributed by atoms with Crippen molar-refractivity contribution in [3.8, 4) is 0 Å². The Balaban J connectivity index is 1.72. The van der Waals surface area contributed by atoms with Crippen molar-refractivity contribution >= 4 is 28.2 Å². The highest BCUT2D eigenvalue weighted by atomic mass is 32.1. The van der Waals surface area contributed by atoms with Gasteiger partial charge in [-0.2, -0.15) is 0 Å². The molecule has 0 bridgehead atoms. The quantitative estimate of drug-likeness (QED) is 0.785. The molecule has 1 aromatic carbocycles. The van der Waals surface area contributed by atoms with E-state index in [2.05, 4.69) is 4.98 Å². The Hall–Kier alpha value is -2.18. The molecule has 0 atom stereocenters. The SMILES string of the molecule is CN(Cc1cc2ccccc2o1)C(=O)c1csc(CCN)n1. The fraction of sp³-hybridized carbons (Fsp3) is 0.250. The van der Waals surface area contributed by atoms with Crippen LogP contribution in [0.15, 0.2) is 40.1 Å². The predicted octanol–water partition coefficient (Wildman–Crippen LogP) is 2.66. The number of aromatic nitrogens is 1. The summed E-state index contributed by atoms with van der Waals surface area (Å²) in [5.41, 5.74) is 6.80. The number of benzene rings is 1. The van der Waals surface area contributed by atoms with Gasteiger partial charge in [0.15, 0.2) is 0 Å². The molecular weight excluding hydrogens is 298 g/mol. The molecule has 0 aliphatic heterocycles. The van der Waals surface area contributed by atoms with E-state index in [-0.39, 0.29) is 5.91 Å². The molecule has 2 heterocycles. The highest BCUT2D eigenvalue weighted by molar-refractivity contribution is 7.09. The zero-order chi connectivity index (χ0) is 15.5. The first kappa shape index (κ1) is 14.7. The van der Waals surface area contributed by atoms with E-state index in [1.165, 1.54) is 11.3 Å². The van der Waals surface area contributed by atoms with E-state index in [9.17, 15) is 4.79 Å². The first-order valence-electron chi connectivity index (χ1n) is 7.05. The van der Waals surface area contributed by atoms with Crippen molar-refractivity contribution in [1.29, 1.82) is 0 Å². The predicted molar refractivity (Wildman–Crippen MR) is 86.9 cm³/mol. The fourth-order valence-corrected chi connectivity index (χ4v) is 3.05. The summed E-state index contributed by atoms with van der Waals surface area (Å²) in [5, 5.41) is 3.71. The molecule has 0 radical (unpaired) electrons. The van der Waals surface area contributed by atoms with Crippen molar-refractivity contribution in [1.82, 2.24) is 9.88 Å². The summed E-state index contributed by atoms with van der Waals surface area (Å²) < 4.78 is 5.74. The summed E-state index contributed by atoms with van der Waals surface area (Å²) in [5.74, 6) is 0.648. The average Bonchev–Trinajstić information content (AvgIpc) is 3.12. The van der Waals surface area contributed by atoms with Crippen molar-refractivity contribution in [3.05, 3.63) is 52.2 Å². The molecule has 114 valence electrons. The molecule has 3 aromatic rings. The van der Waals surface area contributed by atoms with E-state index in [1.807, 2.05) is 30.3 Å². The van der Waals surface area contributed by atoms with Gasteiger partial charge in [0.1, 0.15) is 17.0 Å². The van der Waals surface area contributed by atoms with Crippen LogP contribution in [0.1, 0.15) is 21.3 Å². The lowest BCUT2D eigenvalue weighted by atomic mass is 10.2. The van der Waals surface area contributed by atoms with Crippen LogP contribution in [0, 0.1) is 0 Å². The molecule has 5 nitrogen and oxygen atoms in total. The molecule has 22 heavy (non-hydrogen) atoms. The van der Waals surface area contributed by atoms with Crippen molar-refractivity contribution < 1.29 is 9.21 Å². The molecule has 0 unspecified atom stereocenters. The lowest BCUT2D eigenvalue weighted by Gasteiger charge is -2.13. The monoisotopic (exact) mass is 315 g/mol. The summed E-state index contributed by atoms with van der Waals surface area (Å²) in [7, 11) is 1.75. The number of rotatable bonds is 5. The summed E-state index contributed by atoms with van der Waals surface area (Å²) in [6.07, 6.45) is 0.700. The minimum atomic E-state index is -0.111. The van der Waals surface area contributed by atoms with Crippen LogP contribution in [-0.2, 0) is 13.0 Å². The zero-order valence-corrected chi connectivity index (χ0v) is 13.1. The maximum Gasteiger partial charge on any atom is 0.273 e. The van der Waals surface area contributed by atoms with Gasteiger partial charge in [0, 0.05) is 24.2 Å². The molecule has 0 aliphatic carbocycles. The van der Waals surface area contributed by atoms with Crippen LogP contribution in [0.3, 0.4) is 0 Å². The number of nitrogens with two attached hydrogens (primary N) is 1. The normalized spacial score (nSPS) is 11.0. The Bertz CT molecular complexity index is 760. The second kappa shape index (κ2) is 6.29. The number of nitrogens with zero attached hydrogens (tertiary/aromatic N) is 2. The molecule has 3 rings (SSSR count). The van der Waals surface area contributed by atoms with Gasteiger partial charge in [-0.25, -0.2) is 4.98 Å². The van der Waals surface area contributed by atoms with Crippen molar-refractivity contribution in [2.24, 2.45) is 5.73 Å². The molecule has 0 saturated carbocycles. The third-order valence-electron chi connectivity index (χ3n) is 3.35. The zero-order valence-electron chi connectivity index (χ0n) is 12.3. The maximum atomic E-state index is 12.4. The number of fused-ring (bicyclic) bond motifs is 1. The van der Waals surface area contributed by atoms with Crippen molar-refractivity contribution in [2.75, 3.05) is 13.6 Å². The molecule has 6 heteroatoms. The van der Waals surface area contributed by atoms with Gasteiger partial charge in [-0.05, 0) is 18.7 Å². The van der Waals surface area contributed by atoms with Crippen LogP contribution in [-0.4, -0.2) is 29.4 Å². The molecular formula is C16H17N3O2S. The number of hydrogen-bond donors (Lipinski definition) is 1. The van der Waals surface area contributed by atoms with Gasteiger partial charge < -0.3 is 15.1 Å². The molecule has 2 aromatic heterocycles.